The zero-order valence-corrected chi connectivity index (χ0v) is 9.21. The van der Waals surface area contributed by atoms with Gasteiger partial charge in [-0.05, 0) is 25.7 Å². The minimum Gasteiger partial charge on any atom is -0.383 e. The number of ether oxygens (including phenoxy) is 1. The van der Waals surface area contributed by atoms with Crippen molar-refractivity contribution >= 4 is 5.91 Å². The number of carbonyl (C=O) groups is 1. The molecule has 1 saturated carbocycles. The van der Waals surface area contributed by atoms with E-state index < -0.39 is 0 Å². The lowest BCUT2D eigenvalue weighted by Crippen LogP contribution is -2.36. The molecule has 1 aliphatic rings. The Morgan fingerprint density at radius 3 is 2.71 bits per heavy atom. The predicted octanol–water partition coefficient (Wildman–Crippen LogP) is 1.72. The first-order chi connectivity index (χ1) is 6.72. The zero-order valence-electron chi connectivity index (χ0n) is 9.21. The topological polar surface area (TPSA) is 38.3 Å². The molecule has 1 fully saturated rings. The van der Waals surface area contributed by atoms with Crippen molar-refractivity contribution in [1.29, 1.82) is 0 Å². The van der Waals surface area contributed by atoms with Crippen LogP contribution in [-0.2, 0) is 9.53 Å². The minimum absolute atomic E-state index is 0.133. The van der Waals surface area contributed by atoms with Crippen LogP contribution in [0.5, 0.6) is 0 Å². The molecule has 0 spiro atoms. The van der Waals surface area contributed by atoms with Crippen LogP contribution in [0.3, 0.4) is 0 Å². The molecule has 3 heteroatoms. The quantitative estimate of drug-likeness (QED) is 0.732. The fraction of sp³-hybridized carbons (Fsp3) is 0.909. The van der Waals surface area contributed by atoms with Gasteiger partial charge in [-0.2, -0.15) is 0 Å². The highest BCUT2D eigenvalue weighted by Crippen LogP contribution is 2.27. The molecule has 1 atom stereocenters. The molecule has 1 rings (SSSR count). The van der Waals surface area contributed by atoms with E-state index >= 15 is 0 Å². The fourth-order valence-electron chi connectivity index (χ4n) is 2.10. The Bertz CT molecular complexity index is 176. The Morgan fingerprint density at radius 2 is 2.14 bits per heavy atom. The summed E-state index contributed by atoms with van der Waals surface area (Å²) in [5.41, 5.74) is 0. The van der Waals surface area contributed by atoms with Crippen LogP contribution < -0.4 is 5.32 Å². The van der Waals surface area contributed by atoms with Crippen LogP contribution in [0.15, 0.2) is 0 Å². The lowest BCUT2D eigenvalue weighted by atomic mass is 10.0. The average Bonchev–Trinajstić information content (AvgIpc) is 2.56. The molecule has 0 saturated heterocycles. The summed E-state index contributed by atoms with van der Waals surface area (Å²) in [4.78, 5) is 11.5. The molecule has 0 aromatic rings. The summed E-state index contributed by atoms with van der Waals surface area (Å²) in [6.07, 6.45) is 5.75. The Kier molecular flexibility index (Phi) is 4.94. The fourth-order valence-corrected chi connectivity index (χ4v) is 2.10. The number of carbonyl (C=O) groups excluding carboxylic acids is 1. The van der Waals surface area contributed by atoms with E-state index in [0.717, 1.165) is 0 Å². The molecular formula is C11H21NO2. The van der Waals surface area contributed by atoms with Crippen molar-refractivity contribution in [2.75, 3.05) is 13.7 Å². The molecule has 0 radical (unpaired) electrons. The molecule has 0 aromatic heterocycles. The lowest BCUT2D eigenvalue weighted by molar-refractivity contribution is -0.122. The number of rotatable bonds is 5. The van der Waals surface area contributed by atoms with E-state index in [0.29, 0.717) is 18.9 Å². The molecule has 3 nitrogen and oxygen atoms in total. The first-order valence-electron chi connectivity index (χ1n) is 5.50. The van der Waals surface area contributed by atoms with Gasteiger partial charge in [0.25, 0.3) is 0 Å². The Morgan fingerprint density at radius 1 is 1.50 bits per heavy atom. The second kappa shape index (κ2) is 6.02. The van der Waals surface area contributed by atoms with Gasteiger partial charge in [0.05, 0.1) is 6.61 Å². The van der Waals surface area contributed by atoms with Crippen LogP contribution in [0.1, 0.15) is 39.0 Å². The zero-order chi connectivity index (χ0) is 10.4. The van der Waals surface area contributed by atoms with Crippen molar-refractivity contribution in [3.8, 4) is 0 Å². The molecule has 1 amide bonds. The van der Waals surface area contributed by atoms with E-state index in [1.165, 1.54) is 25.7 Å². The number of hydrogen-bond donors (Lipinski definition) is 1. The standard InChI is InChI=1S/C11H21NO2/c1-9(8-14-2)12-11(13)7-10-5-3-4-6-10/h9-10H,3-8H2,1-2H3,(H,12,13)/t9-/m1/s1. The summed E-state index contributed by atoms with van der Waals surface area (Å²) in [6, 6.07) is 0.133. The molecular weight excluding hydrogens is 178 g/mol. The maximum absolute atomic E-state index is 11.5. The highest BCUT2D eigenvalue weighted by atomic mass is 16.5. The summed E-state index contributed by atoms with van der Waals surface area (Å²) < 4.78 is 4.96. The smallest absolute Gasteiger partial charge is 0.220 e. The number of amides is 1. The third kappa shape index (κ3) is 4.09. The van der Waals surface area contributed by atoms with Gasteiger partial charge < -0.3 is 10.1 Å². The van der Waals surface area contributed by atoms with Crippen molar-refractivity contribution in [2.24, 2.45) is 5.92 Å². The second-order valence-corrected chi connectivity index (χ2v) is 4.28. The molecule has 0 bridgehead atoms. The van der Waals surface area contributed by atoms with Crippen molar-refractivity contribution in [2.45, 2.75) is 45.1 Å². The molecule has 14 heavy (non-hydrogen) atoms. The van der Waals surface area contributed by atoms with Gasteiger partial charge in [-0.15, -0.1) is 0 Å². The Hall–Kier alpha value is -0.570. The minimum atomic E-state index is 0.133. The van der Waals surface area contributed by atoms with Crippen LogP contribution in [0.2, 0.25) is 0 Å². The van der Waals surface area contributed by atoms with E-state index in [2.05, 4.69) is 5.32 Å². The van der Waals surface area contributed by atoms with E-state index in [4.69, 9.17) is 4.74 Å². The van der Waals surface area contributed by atoms with Gasteiger partial charge in [0.1, 0.15) is 0 Å². The number of methoxy groups -OCH3 is 1. The third-order valence-electron chi connectivity index (χ3n) is 2.77. The van der Waals surface area contributed by atoms with Crippen LogP contribution in [0.4, 0.5) is 0 Å². The summed E-state index contributed by atoms with van der Waals surface area (Å²) in [7, 11) is 1.65. The van der Waals surface area contributed by atoms with Gasteiger partial charge in [-0.1, -0.05) is 12.8 Å². The first-order valence-corrected chi connectivity index (χ1v) is 5.50. The SMILES string of the molecule is COC[C@@H](C)NC(=O)CC1CCCC1. The lowest BCUT2D eigenvalue weighted by Gasteiger charge is -2.14. The van der Waals surface area contributed by atoms with Crippen LogP contribution >= 0.6 is 0 Å². The van der Waals surface area contributed by atoms with Gasteiger partial charge in [-0.3, -0.25) is 4.79 Å². The Balaban J connectivity index is 2.14. The van der Waals surface area contributed by atoms with E-state index in [9.17, 15) is 4.79 Å². The van der Waals surface area contributed by atoms with E-state index in [1.54, 1.807) is 7.11 Å². The molecule has 0 heterocycles. The van der Waals surface area contributed by atoms with Gasteiger partial charge in [0, 0.05) is 19.6 Å². The van der Waals surface area contributed by atoms with Crippen LogP contribution in [0, 0.1) is 5.92 Å². The normalized spacial score (nSPS) is 19.6. The molecule has 0 aromatic carbocycles. The summed E-state index contributed by atoms with van der Waals surface area (Å²) in [5, 5.41) is 2.94. The Labute approximate surface area is 86.2 Å². The molecule has 0 aliphatic heterocycles. The van der Waals surface area contributed by atoms with E-state index in [1.807, 2.05) is 6.92 Å². The summed E-state index contributed by atoms with van der Waals surface area (Å²) in [5.74, 6) is 0.811. The molecule has 1 N–H and O–H groups in total. The first kappa shape index (κ1) is 11.5. The molecule has 82 valence electrons. The molecule has 1 aliphatic carbocycles. The summed E-state index contributed by atoms with van der Waals surface area (Å²) in [6.45, 7) is 2.56. The van der Waals surface area contributed by atoms with Crippen molar-refractivity contribution in [3.05, 3.63) is 0 Å². The van der Waals surface area contributed by atoms with Crippen molar-refractivity contribution in [3.63, 3.8) is 0 Å². The monoisotopic (exact) mass is 199 g/mol. The van der Waals surface area contributed by atoms with E-state index in [-0.39, 0.29) is 11.9 Å². The van der Waals surface area contributed by atoms with Gasteiger partial charge in [0.15, 0.2) is 0 Å². The van der Waals surface area contributed by atoms with Gasteiger partial charge >= 0.3 is 0 Å². The maximum Gasteiger partial charge on any atom is 0.220 e. The average molecular weight is 199 g/mol. The van der Waals surface area contributed by atoms with Gasteiger partial charge in [0.2, 0.25) is 5.91 Å². The van der Waals surface area contributed by atoms with Gasteiger partial charge in [-0.25, -0.2) is 0 Å². The maximum atomic E-state index is 11.5. The number of nitrogens with one attached hydrogen (secondary N) is 1. The summed E-state index contributed by atoms with van der Waals surface area (Å²) >= 11 is 0. The highest BCUT2D eigenvalue weighted by molar-refractivity contribution is 5.76. The van der Waals surface area contributed by atoms with Crippen molar-refractivity contribution < 1.29 is 9.53 Å². The second-order valence-electron chi connectivity index (χ2n) is 4.28. The molecule has 0 unspecified atom stereocenters. The highest BCUT2D eigenvalue weighted by Gasteiger charge is 2.18. The van der Waals surface area contributed by atoms with Crippen molar-refractivity contribution in [1.82, 2.24) is 5.32 Å². The third-order valence-corrected chi connectivity index (χ3v) is 2.77. The largest absolute Gasteiger partial charge is 0.383 e. The van der Waals surface area contributed by atoms with Crippen LogP contribution in [0.25, 0.3) is 0 Å². The van der Waals surface area contributed by atoms with Crippen LogP contribution in [-0.4, -0.2) is 25.7 Å². The predicted molar refractivity (Wildman–Crippen MR) is 56.1 cm³/mol. The number of hydrogen-bond acceptors (Lipinski definition) is 2.